The molecule has 4 aromatic rings. The van der Waals surface area contributed by atoms with Gasteiger partial charge in [0.05, 0.1) is 23.7 Å². The zero-order valence-corrected chi connectivity index (χ0v) is 21.2. The first-order chi connectivity index (χ1) is 17.2. The van der Waals surface area contributed by atoms with Crippen LogP contribution in [0.1, 0.15) is 45.4 Å². The topological polar surface area (TPSA) is 85.2 Å². The summed E-state index contributed by atoms with van der Waals surface area (Å²) in [6, 6.07) is 23.1. The molecule has 7 nitrogen and oxygen atoms in total. The molecule has 0 radical (unpaired) electrons. The highest BCUT2D eigenvalue weighted by molar-refractivity contribution is 6.06. The van der Waals surface area contributed by atoms with Gasteiger partial charge in [-0.05, 0) is 42.5 Å². The van der Waals surface area contributed by atoms with Gasteiger partial charge in [-0.3, -0.25) is 10.1 Å². The summed E-state index contributed by atoms with van der Waals surface area (Å²) >= 11 is 0. The van der Waals surface area contributed by atoms with E-state index in [9.17, 15) is 9.59 Å². The standard InChI is InChI=1S/C29H32N4O3/c1-5-36-27(34)17-16-20-10-8-13-22(18-20)33-26(19-25(32-33)29(2,3)4)31-28(35)30-24-15-9-12-21-11-6-7-14-23(21)24/h6-15,18-19H,5,16-17H2,1-4H3,(H2,30,31,35). The summed E-state index contributed by atoms with van der Waals surface area (Å²) < 4.78 is 6.78. The van der Waals surface area contributed by atoms with Gasteiger partial charge in [0.15, 0.2) is 0 Å². The van der Waals surface area contributed by atoms with E-state index in [1.165, 1.54) is 0 Å². The average molecular weight is 485 g/mol. The highest BCUT2D eigenvalue weighted by Crippen LogP contribution is 2.28. The van der Waals surface area contributed by atoms with Crippen molar-refractivity contribution in [2.24, 2.45) is 0 Å². The van der Waals surface area contributed by atoms with E-state index in [0.717, 1.165) is 33.4 Å². The second-order valence-corrected chi connectivity index (χ2v) is 9.66. The molecule has 0 atom stereocenters. The number of nitrogens with zero attached hydrogens (tertiary/aromatic N) is 2. The second kappa shape index (κ2) is 10.6. The van der Waals surface area contributed by atoms with Gasteiger partial charge in [-0.15, -0.1) is 0 Å². The fraction of sp³-hybridized carbons (Fsp3) is 0.276. The molecule has 0 saturated carbocycles. The molecule has 2 amide bonds. The number of hydrogen-bond acceptors (Lipinski definition) is 4. The number of carbonyl (C=O) groups is 2. The van der Waals surface area contributed by atoms with Crippen molar-refractivity contribution in [2.75, 3.05) is 17.2 Å². The Morgan fingerprint density at radius 1 is 0.944 bits per heavy atom. The van der Waals surface area contributed by atoms with Crippen molar-refractivity contribution in [3.8, 4) is 5.69 Å². The van der Waals surface area contributed by atoms with Crippen LogP contribution in [0.3, 0.4) is 0 Å². The maximum Gasteiger partial charge on any atom is 0.324 e. The first-order valence-corrected chi connectivity index (χ1v) is 12.2. The molecule has 2 N–H and O–H groups in total. The Balaban J connectivity index is 1.60. The number of hydrogen-bond donors (Lipinski definition) is 2. The van der Waals surface area contributed by atoms with Gasteiger partial charge in [-0.2, -0.15) is 5.10 Å². The van der Waals surface area contributed by atoms with Crippen LogP contribution in [0.4, 0.5) is 16.3 Å². The Kier molecular flexibility index (Phi) is 7.38. The molecule has 0 aliphatic carbocycles. The summed E-state index contributed by atoms with van der Waals surface area (Å²) in [4.78, 5) is 24.9. The normalized spacial score (nSPS) is 11.3. The number of nitrogens with one attached hydrogen (secondary N) is 2. The maximum absolute atomic E-state index is 13.1. The Bertz CT molecular complexity index is 1380. The molecule has 0 spiro atoms. The molecular weight excluding hydrogens is 452 g/mol. The number of anilines is 2. The summed E-state index contributed by atoms with van der Waals surface area (Å²) in [5, 5.41) is 12.8. The van der Waals surface area contributed by atoms with Crippen LogP contribution in [-0.2, 0) is 21.4 Å². The van der Waals surface area contributed by atoms with Crippen LogP contribution < -0.4 is 10.6 Å². The van der Waals surface area contributed by atoms with E-state index < -0.39 is 0 Å². The molecule has 36 heavy (non-hydrogen) atoms. The van der Waals surface area contributed by atoms with E-state index in [4.69, 9.17) is 9.84 Å². The monoisotopic (exact) mass is 484 g/mol. The number of amides is 2. The summed E-state index contributed by atoms with van der Waals surface area (Å²) in [5.74, 6) is 0.338. The lowest BCUT2D eigenvalue weighted by Gasteiger charge is -2.14. The number of esters is 1. The van der Waals surface area contributed by atoms with E-state index in [0.29, 0.717) is 25.3 Å². The zero-order valence-electron chi connectivity index (χ0n) is 21.2. The number of carbonyl (C=O) groups excluding carboxylic acids is 2. The van der Waals surface area contributed by atoms with Crippen molar-refractivity contribution < 1.29 is 14.3 Å². The largest absolute Gasteiger partial charge is 0.466 e. The van der Waals surface area contributed by atoms with Gasteiger partial charge in [0, 0.05) is 23.3 Å². The van der Waals surface area contributed by atoms with Crippen LogP contribution in [-0.4, -0.2) is 28.4 Å². The minimum absolute atomic E-state index is 0.213. The van der Waals surface area contributed by atoms with Gasteiger partial charge in [0.2, 0.25) is 0 Å². The van der Waals surface area contributed by atoms with Crippen molar-refractivity contribution >= 4 is 34.3 Å². The summed E-state index contributed by atoms with van der Waals surface area (Å²) in [6.07, 6.45) is 0.868. The third-order valence-electron chi connectivity index (χ3n) is 5.84. The molecule has 0 unspecified atom stereocenters. The van der Waals surface area contributed by atoms with E-state index in [2.05, 4.69) is 31.4 Å². The van der Waals surface area contributed by atoms with Gasteiger partial charge in [0.25, 0.3) is 0 Å². The minimum Gasteiger partial charge on any atom is -0.466 e. The number of benzene rings is 3. The summed E-state index contributed by atoms with van der Waals surface area (Å²) in [7, 11) is 0. The predicted molar refractivity (Wildman–Crippen MR) is 144 cm³/mol. The fourth-order valence-corrected chi connectivity index (χ4v) is 3.96. The Morgan fingerprint density at radius 3 is 2.47 bits per heavy atom. The average Bonchev–Trinajstić information content (AvgIpc) is 3.28. The van der Waals surface area contributed by atoms with Crippen LogP contribution >= 0.6 is 0 Å². The summed E-state index contributed by atoms with van der Waals surface area (Å²) in [5.41, 5.74) is 3.15. The molecule has 3 aromatic carbocycles. The van der Waals surface area contributed by atoms with Crippen molar-refractivity contribution in [3.63, 3.8) is 0 Å². The molecule has 0 bridgehead atoms. The Hall–Kier alpha value is -4.13. The number of rotatable bonds is 7. The van der Waals surface area contributed by atoms with Crippen molar-refractivity contribution in [3.05, 3.63) is 84.1 Å². The lowest BCUT2D eigenvalue weighted by atomic mass is 9.92. The molecule has 1 heterocycles. The molecule has 0 aliphatic heterocycles. The van der Waals surface area contributed by atoms with Crippen molar-refractivity contribution in [1.29, 1.82) is 0 Å². The SMILES string of the molecule is CCOC(=O)CCc1cccc(-n2nc(C(C)(C)C)cc2NC(=O)Nc2cccc3ccccc23)c1. The molecule has 7 heteroatoms. The van der Waals surface area contributed by atoms with E-state index in [1.54, 1.807) is 11.6 Å². The van der Waals surface area contributed by atoms with Crippen LogP contribution in [0.5, 0.6) is 0 Å². The molecule has 0 aliphatic rings. The number of urea groups is 1. The first kappa shape index (κ1) is 25.0. The summed E-state index contributed by atoms with van der Waals surface area (Å²) in [6.45, 7) is 8.41. The van der Waals surface area contributed by atoms with Gasteiger partial charge >= 0.3 is 12.0 Å². The lowest BCUT2D eigenvalue weighted by Crippen LogP contribution is -2.21. The number of aromatic nitrogens is 2. The molecule has 0 fully saturated rings. The zero-order chi connectivity index (χ0) is 25.7. The molecule has 0 saturated heterocycles. The van der Waals surface area contributed by atoms with E-state index >= 15 is 0 Å². The molecule has 1 aromatic heterocycles. The Morgan fingerprint density at radius 2 is 1.69 bits per heavy atom. The minimum atomic E-state index is -0.355. The van der Waals surface area contributed by atoms with Gasteiger partial charge in [-0.25, -0.2) is 9.48 Å². The van der Waals surface area contributed by atoms with E-state index in [1.807, 2.05) is 72.8 Å². The van der Waals surface area contributed by atoms with Crippen LogP contribution in [0.15, 0.2) is 72.8 Å². The fourth-order valence-electron chi connectivity index (χ4n) is 3.96. The van der Waals surface area contributed by atoms with E-state index in [-0.39, 0.29) is 17.4 Å². The van der Waals surface area contributed by atoms with Gasteiger partial charge < -0.3 is 10.1 Å². The van der Waals surface area contributed by atoms with Crippen LogP contribution in [0.25, 0.3) is 16.5 Å². The highest BCUT2D eigenvalue weighted by atomic mass is 16.5. The smallest absolute Gasteiger partial charge is 0.324 e. The lowest BCUT2D eigenvalue weighted by molar-refractivity contribution is -0.143. The van der Waals surface area contributed by atoms with Crippen LogP contribution in [0.2, 0.25) is 0 Å². The number of fused-ring (bicyclic) bond motifs is 1. The third-order valence-corrected chi connectivity index (χ3v) is 5.84. The second-order valence-electron chi connectivity index (χ2n) is 9.66. The highest BCUT2D eigenvalue weighted by Gasteiger charge is 2.22. The van der Waals surface area contributed by atoms with Gasteiger partial charge in [-0.1, -0.05) is 69.3 Å². The molecule has 4 rings (SSSR count). The predicted octanol–water partition coefficient (Wildman–Crippen LogP) is 6.46. The number of ether oxygens (including phenoxy) is 1. The Labute approximate surface area is 211 Å². The third kappa shape index (κ3) is 5.92. The van der Waals surface area contributed by atoms with Gasteiger partial charge in [0.1, 0.15) is 5.82 Å². The van der Waals surface area contributed by atoms with Crippen molar-refractivity contribution in [2.45, 2.75) is 46.0 Å². The maximum atomic E-state index is 13.1. The quantitative estimate of drug-likeness (QED) is 0.295. The van der Waals surface area contributed by atoms with Crippen LogP contribution in [0, 0.1) is 0 Å². The molecule has 186 valence electrons. The molecular formula is C29H32N4O3. The van der Waals surface area contributed by atoms with Crippen molar-refractivity contribution in [1.82, 2.24) is 9.78 Å². The first-order valence-electron chi connectivity index (χ1n) is 12.2. The number of aryl methyl sites for hydroxylation is 1.